The lowest BCUT2D eigenvalue weighted by Gasteiger charge is -2.06. The van der Waals surface area contributed by atoms with E-state index in [-0.39, 0.29) is 21.9 Å². The first kappa shape index (κ1) is 24.0. The summed E-state index contributed by atoms with van der Waals surface area (Å²) in [7, 11) is -3.82. The van der Waals surface area contributed by atoms with Gasteiger partial charge in [-0.3, -0.25) is 10.1 Å². The van der Waals surface area contributed by atoms with Crippen molar-refractivity contribution in [2.24, 2.45) is 0 Å². The van der Waals surface area contributed by atoms with Crippen molar-refractivity contribution < 1.29 is 13.2 Å². The number of hydrogen-bond donors (Lipinski definition) is 2. The average molecular weight is 517 g/mol. The normalized spacial score (nSPS) is 11.5. The van der Waals surface area contributed by atoms with Crippen LogP contribution < -0.4 is 10.0 Å². The first-order chi connectivity index (χ1) is 14.8. The molecular formula is C19H18Cl2N4O3S3. The van der Waals surface area contributed by atoms with Gasteiger partial charge in [0, 0.05) is 33.7 Å². The molecule has 164 valence electrons. The largest absolute Gasteiger partial charge is 0.296 e. The van der Waals surface area contributed by atoms with Crippen LogP contribution in [0.4, 0.5) is 5.13 Å². The zero-order chi connectivity index (χ0) is 22.4. The van der Waals surface area contributed by atoms with Gasteiger partial charge in [-0.25, -0.2) is 13.1 Å². The quantitative estimate of drug-likeness (QED) is 0.318. The Bertz CT molecular complexity index is 1190. The molecule has 0 radical (unpaired) electrons. The Kier molecular flexibility index (Phi) is 8.31. The Labute approximate surface area is 198 Å². The van der Waals surface area contributed by atoms with Crippen molar-refractivity contribution in [3.63, 3.8) is 0 Å². The number of benzene rings is 2. The van der Waals surface area contributed by atoms with Crippen LogP contribution in [0.1, 0.15) is 21.5 Å². The molecule has 2 aromatic carbocycles. The Morgan fingerprint density at radius 3 is 2.68 bits per heavy atom. The van der Waals surface area contributed by atoms with Crippen LogP contribution in [-0.2, 0) is 15.8 Å². The molecular weight excluding hydrogens is 499 g/mol. The van der Waals surface area contributed by atoms with E-state index in [4.69, 9.17) is 23.2 Å². The molecule has 1 amide bonds. The van der Waals surface area contributed by atoms with Gasteiger partial charge in [-0.1, -0.05) is 58.8 Å². The van der Waals surface area contributed by atoms with Gasteiger partial charge < -0.3 is 0 Å². The molecule has 12 heteroatoms. The van der Waals surface area contributed by atoms with E-state index in [0.29, 0.717) is 27.1 Å². The third-order valence-electron chi connectivity index (χ3n) is 4.06. The standard InChI is InChI=1S/C19H18Cl2N4O3S3/c1-12-4-2-3-5-15(12)17(26)23-18-24-25-19(30-18)31(27,28)22-8-9-29-11-13-6-7-14(20)10-16(13)21/h2-7,10,22H,8-9,11H2,1H3,(H,23,24,26). The fourth-order valence-corrected chi connectivity index (χ4v) is 6.01. The third kappa shape index (κ3) is 6.64. The van der Waals surface area contributed by atoms with Crippen molar-refractivity contribution in [2.45, 2.75) is 17.0 Å². The van der Waals surface area contributed by atoms with Crippen molar-refractivity contribution in [3.05, 3.63) is 69.2 Å². The number of rotatable bonds is 9. The van der Waals surface area contributed by atoms with E-state index in [1.165, 1.54) is 11.8 Å². The second-order valence-electron chi connectivity index (χ2n) is 6.33. The summed E-state index contributed by atoms with van der Waals surface area (Å²) >= 11 is 14.3. The summed E-state index contributed by atoms with van der Waals surface area (Å²) in [4.78, 5) is 12.3. The number of sulfonamides is 1. The summed E-state index contributed by atoms with van der Waals surface area (Å²) in [5.41, 5.74) is 2.21. The number of amides is 1. The molecule has 0 aliphatic heterocycles. The lowest BCUT2D eigenvalue weighted by molar-refractivity contribution is 0.102. The van der Waals surface area contributed by atoms with Crippen LogP contribution >= 0.6 is 46.3 Å². The van der Waals surface area contributed by atoms with Crippen LogP contribution in [0.15, 0.2) is 46.8 Å². The van der Waals surface area contributed by atoms with E-state index in [9.17, 15) is 13.2 Å². The molecule has 3 rings (SSSR count). The maximum Gasteiger partial charge on any atom is 0.269 e. The third-order valence-corrected chi connectivity index (χ3v) is 8.32. The molecule has 31 heavy (non-hydrogen) atoms. The molecule has 0 aliphatic carbocycles. The van der Waals surface area contributed by atoms with Gasteiger partial charge in [0.1, 0.15) is 0 Å². The number of aryl methyl sites for hydroxylation is 1. The maximum atomic E-state index is 12.4. The van der Waals surface area contributed by atoms with E-state index in [2.05, 4.69) is 20.2 Å². The topological polar surface area (TPSA) is 101 Å². The highest BCUT2D eigenvalue weighted by Gasteiger charge is 2.21. The molecule has 3 aromatic rings. The molecule has 0 saturated carbocycles. The van der Waals surface area contributed by atoms with Gasteiger partial charge >= 0.3 is 0 Å². The Hall–Kier alpha value is -1.69. The van der Waals surface area contributed by atoms with Gasteiger partial charge in [-0.05, 0) is 36.2 Å². The highest BCUT2D eigenvalue weighted by molar-refractivity contribution is 7.98. The van der Waals surface area contributed by atoms with Crippen molar-refractivity contribution in [3.8, 4) is 0 Å². The van der Waals surface area contributed by atoms with E-state index in [1.807, 2.05) is 25.1 Å². The number of anilines is 1. The first-order valence-electron chi connectivity index (χ1n) is 8.98. The maximum absolute atomic E-state index is 12.4. The molecule has 0 spiro atoms. The van der Waals surface area contributed by atoms with Gasteiger partial charge in [-0.15, -0.1) is 10.2 Å². The van der Waals surface area contributed by atoms with Crippen LogP contribution in [0.3, 0.4) is 0 Å². The molecule has 0 fully saturated rings. The van der Waals surface area contributed by atoms with Gasteiger partial charge in [0.2, 0.25) is 9.47 Å². The Balaban J connectivity index is 1.50. The minimum absolute atomic E-state index is 0.111. The van der Waals surface area contributed by atoms with Crippen LogP contribution in [0.25, 0.3) is 0 Å². The zero-order valence-corrected chi connectivity index (χ0v) is 20.2. The van der Waals surface area contributed by atoms with Crippen molar-refractivity contribution in [1.29, 1.82) is 0 Å². The molecule has 1 aromatic heterocycles. The summed E-state index contributed by atoms with van der Waals surface area (Å²) in [5, 5.41) is 11.3. The number of nitrogens with one attached hydrogen (secondary N) is 2. The Morgan fingerprint density at radius 1 is 1.16 bits per heavy atom. The zero-order valence-electron chi connectivity index (χ0n) is 16.3. The minimum Gasteiger partial charge on any atom is -0.296 e. The van der Waals surface area contributed by atoms with Gasteiger partial charge in [0.05, 0.1) is 0 Å². The minimum atomic E-state index is -3.82. The highest BCUT2D eigenvalue weighted by atomic mass is 35.5. The first-order valence-corrected chi connectivity index (χ1v) is 13.2. The summed E-state index contributed by atoms with van der Waals surface area (Å²) < 4.78 is 27.1. The van der Waals surface area contributed by atoms with Crippen molar-refractivity contribution in [2.75, 3.05) is 17.6 Å². The van der Waals surface area contributed by atoms with Gasteiger partial charge in [0.15, 0.2) is 0 Å². The molecule has 0 aliphatic rings. The van der Waals surface area contributed by atoms with Gasteiger partial charge in [-0.2, -0.15) is 11.8 Å². The lowest BCUT2D eigenvalue weighted by Crippen LogP contribution is -2.26. The van der Waals surface area contributed by atoms with Crippen LogP contribution in [0.2, 0.25) is 10.0 Å². The van der Waals surface area contributed by atoms with Gasteiger partial charge in [0.25, 0.3) is 15.9 Å². The molecule has 2 N–H and O–H groups in total. The Morgan fingerprint density at radius 2 is 1.94 bits per heavy atom. The predicted molar refractivity (Wildman–Crippen MR) is 127 cm³/mol. The smallest absolute Gasteiger partial charge is 0.269 e. The highest BCUT2D eigenvalue weighted by Crippen LogP contribution is 2.25. The number of nitrogens with zero attached hydrogens (tertiary/aromatic N) is 2. The number of halogens is 2. The van der Waals surface area contributed by atoms with Crippen molar-refractivity contribution >= 4 is 67.4 Å². The molecule has 0 unspecified atom stereocenters. The molecule has 1 heterocycles. The monoisotopic (exact) mass is 516 g/mol. The van der Waals surface area contributed by atoms with Crippen LogP contribution in [0, 0.1) is 6.92 Å². The van der Waals surface area contributed by atoms with Crippen LogP contribution in [0.5, 0.6) is 0 Å². The number of carbonyl (C=O) groups is 1. The summed E-state index contributed by atoms with van der Waals surface area (Å²) in [6.07, 6.45) is 0. The fourth-order valence-electron chi connectivity index (χ4n) is 2.49. The fraction of sp³-hybridized carbons (Fsp3) is 0.211. The average Bonchev–Trinajstić information content (AvgIpc) is 3.19. The molecule has 0 bridgehead atoms. The molecule has 7 nitrogen and oxygen atoms in total. The summed E-state index contributed by atoms with van der Waals surface area (Å²) in [5.74, 6) is 0.794. The predicted octanol–water partition coefficient (Wildman–Crippen LogP) is 4.62. The number of hydrogen-bond acceptors (Lipinski definition) is 7. The van der Waals surface area contributed by atoms with E-state index >= 15 is 0 Å². The van der Waals surface area contributed by atoms with Crippen LogP contribution in [-0.4, -0.2) is 36.8 Å². The SMILES string of the molecule is Cc1ccccc1C(=O)Nc1nnc(S(=O)(=O)NCCSCc2ccc(Cl)cc2Cl)s1. The van der Waals surface area contributed by atoms with Crippen molar-refractivity contribution in [1.82, 2.24) is 14.9 Å². The lowest BCUT2D eigenvalue weighted by atomic mass is 10.1. The number of aromatic nitrogens is 2. The number of carbonyl (C=O) groups excluding carboxylic acids is 1. The molecule has 0 saturated heterocycles. The van der Waals surface area contributed by atoms with E-state index in [0.717, 1.165) is 22.5 Å². The summed E-state index contributed by atoms with van der Waals surface area (Å²) in [6, 6.07) is 12.4. The second kappa shape index (κ2) is 10.8. The molecule has 0 atom stereocenters. The van der Waals surface area contributed by atoms with E-state index in [1.54, 1.807) is 24.3 Å². The number of thioether (sulfide) groups is 1. The van der Waals surface area contributed by atoms with E-state index < -0.39 is 10.0 Å². The second-order valence-corrected chi connectivity index (χ2v) is 11.2. The summed E-state index contributed by atoms with van der Waals surface area (Å²) in [6.45, 7) is 2.02.